The van der Waals surface area contributed by atoms with E-state index in [1.165, 1.54) is 10.6 Å². The smallest absolute Gasteiger partial charge is 0.269 e. The van der Waals surface area contributed by atoms with Crippen molar-refractivity contribution in [2.45, 2.75) is 44.7 Å². The molecule has 3 fully saturated rings. The van der Waals surface area contributed by atoms with Gasteiger partial charge in [0, 0.05) is 22.9 Å². The van der Waals surface area contributed by atoms with Crippen molar-refractivity contribution in [3.05, 3.63) is 38.1 Å². The molecular weight excluding hydrogens is 375 g/mol. The van der Waals surface area contributed by atoms with Gasteiger partial charge in [0.2, 0.25) is 0 Å². The number of aromatic nitrogens is 3. The zero-order chi connectivity index (χ0) is 16.8. The summed E-state index contributed by atoms with van der Waals surface area (Å²) < 4.78 is 41.1. The van der Waals surface area contributed by atoms with Crippen LogP contribution in [0.25, 0.3) is 5.65 Å². The highest BCUT2D eigenvalue weighted by molar-refractivity contribution is 9.10. The molecule has 8 heteroatoms. The lowest BCUT2D eigenvalue weighted by Crippen LogP contribution is -2.70. The molecule has 0 saturated heterocycles. The van der Waals surface area contributed by atoms with Crippen LogP contribution in [0.15, 0.2) is 15.6 Å². The lowest BCUT2D eigenvalue weighted by atomic mass is 9.34. The van der Waals surface area contributed by atoms with E-state index in [0.29, 0.717) is 27.2 Å². The first-order valence-electron chi connectivity index (χ1n) is 7.22. The number of halogens is 4. The van der Waals surface area contributed by atoms with E-state index >= 15 is 0 Å². The number of aryl methyl sites for hydroxylation is 1. The zero-order valence-corrected chi connectivity index (χ0v) is 14.0. The minimum absolute atomic E-state index is 0.0331. The number of hydrogen-bond acceptors (Lipinski definition) is 3. The molecule has 0 aromatic carbocycles. The number of rotatable bonds is 1. The molecular formula is C15H13BrF3N3O. The molecule has 2 heterocycles. The topological polar surface area (TPSA) is 47.3 Å². The maximum Gasteiger partial charge on any atom is 0.394 e. The van der Waals surface area contributed by atoms with Crippen molar-refractivity contribution >= 4 is 21.6 Å². The van der Waals surface area contributed by atoms with Crippen LogP contribution in [-0.2, 0) is 5.41 Å². The van der Waals surface area contributed by atoms with Crippen molar-refractivity contribution in [2.75, 3.05) is 0 Å². The lowest BCUT2D eigenvalue weighted by Gasteiger charge is -2.70. The summed E-state index contributed by atoms with van der Waals surface area (Å²) in [6.45, 7) is 3.41. The first kappa shape index (κ1) is 15.1. The van der Waals surface area contributed by atoms with Gasteiger partial charge in [0.15, 0.2) is 5.65 Å². The van der Waals surface area contributed by atoms with Crippen LogP contribution in [0.4, 0.5) is 13.2 Å². The number of nitrogens with zero attached hydrogens (tertiary/aromatic N) is 3. The number of hydrogen-bond donors (Lipinski definition) is 0. The monoisotopic (exact) mass is 387 g/mol. The maximum absolute atomic E-state index is 13.1. The molecule has 4 nitrogen and oxygen atoms in total. The summed E-state index contributed by atoms with van der Waals surface area (Å²) >= 11 is 3.26. The molecule has 23 heavy (non-hydrogen) atoms. The Balaban J connectivity index is 1.89. The molecule has 2 aromatic heterocycles. The van der Waals surface area contributed by atoms with Crippen molar-refractivity contribution in [1.29, 1.82) is 0 Å². The zero-order valence-electron chi connectivity index (χ0n) is 12.5. The molecule has 0 spiro atoms. The van der Waals surface area contributed by atoms with E-state index in [2.05, 4.69) is 25.9 Å². The maximum atomic E-state index is 13.1. The summed E-state index contributed by atoms with van der Waals surface area (Å²) in [6, 6.07) is 0. The molecule has 0 aliphatic heterocycles. The quantitative estimate of drug-likeness (QED) is 0.752. The van der Waals surface area contributed by atoms with Gasteiger partial charge in [-0.1, -0.05) is 0 Å². The summed E-state index contributed by atoms with van der Waals surface area (Å²) in [4.78, 5) is 21.2. The Hall–Kier alpha value is -1.44. The highest BCUT2D eigenvalue weighted by Gasteiger charge is 2.79. The first-order valence-corrected chi connectivity index (χ1v) is 8.01. The Morgan fingerprint density at radius 1 is 1.22 bits per heavy atom. The molecule has 0 N–H and O–H groups in total. The molecule has 3 saturated carbocycles. The van der Waals surface area contributed by atoms with Crippen molar-refractivity contribution in [3.63, 3.8) is 0 Å². The first-order chi connectivity index (χ1) is 10.6. The predicted octanol–water partition coefficient (Wildman–Crippen LogP) is 3.45. The second kappa shape index (κ2) is 4.15. The summed E-state index contributed by atoms with van der Waals surface area (Å²) in [6.07, 6.45) is -2.55. The van der Waals surface area contributed by atoms with Crippen LogP contribution < -0.4 is 5.56 Å². The van der Waals surface area contributed by atoms with Gasteiger partial charge >= 0.3 is 6.18 Å². The standard InChI is InChI=1S/C15H13BrF3N3O/c1-7-8(2)20-11-10(21-9(16)3-22(11)12(7)23)13-4-14(5-13,6-13)15(17,18)19/h3H,4-6H2,1-2H3. The third kappa shape index (κ3) is 1.75. The van der Waals surface area contributed by atoms with Gasteiger partial charge in [-0.05, 0) is 49.0 Å². The molecule has 0 atom stereocenters. The second-order valence-electron chi connectivity index (χ2n) is 6.82. The average Bonchev–Trinajstić information content (AvgIpc) is 2.32. The summed E-state index contributed by atoms with van der Waals surface area (Å²) in [5, 5.41) is 0. The molecule has 3 aliphatic rings. The van der Waals surface area contributed by atoms with Gasteiger partial charge in [-0.2, -0.15) is 13.2 Å². The third-order valence-corrected chi connectivity index (χ3v) is 5.77. The Kier molecular flexibility index (Phi) is 2.72. The molecule has 2 bridgehead atoms. The normalized spacial score (nSPS) is 29.3. The fourth-order valence-corrected chi connectivity index (χ4v) is 4.38. The van der Waals surface area contributed by atoms with Gasteiger partial charge in [-0.15, -0.1) is 0 Å². The fourth-order valence-electron chi connectivity index (χ4n) is 4.00. The predicted molar refractivity (Wildman–Crippen MR) is 80.4 cm³/mol. The van der Waals surface area contributed by atoms with E-state index in [1.54, 1.807) is 13.8 Å². The van der Waals surface area contributed by atoms with Gasteiger partial charge in [0.05, 0.1) is 11.1 Å². The van der Waals surface area contributed by atoms with Gasteiger partial charge in [-0.3, -0.25) is 9.20 Å². The molecule has 5 rings (SSSR count). The van der Waals surface area contributed by atoms with Crippen LogP contribution in [0.5, 0.6) is 0 Å². The van der Waals surface area contributed by atoms with Crippen molar-refractivity contribution in [2.24, 2.45) is 5.41 Å². The largest absolute Gasteiger partial charge is 0.394 e. The molecule has 0 radical (unpaired) electrons. The van der Waals surface area contributed by atoms with Crippen LogP contribution in [0.1, 0.15) is 36.2 Å². The SMILES string of the molecule is Cc1nc2c(C34CC(C(F)(F)F)(C3)C4)nc(Br)cn2c(=O)c1C. The van der Waals surface area contributed by atoms with E-state index in [-0.39, 0.29) is 24.8 Å². The Labute approximate surface area is 137 Å². The van der Waals surface area contributed by atoms with Gasteiger partial charge < -0.3 is 0 Å². The number of alkyl halides is 3. The average molecular weight is 388 g/mol. The fraction of sp³-hybridized carbons (Fsp3) is 0.533. The summed E-state index contributed by atoms with van der Waals surface area (Å²) in [5.74, 6) is 0. The van der Waals surface area contributed by atoms with Gasteiger partial charge in [0.1, 0.15) is 4.60 Å². The molecule has 0 unspecified atom stereocenters. The highest BCUT2D eigenvalue weighted by atomic mass is 79.9. The Morgan fingerprint density at radius 2 is 1.83 bits per heavy atom. The van der Waals surface area contributed by atoms with E-state index in [1.807, 2.05) is 0 Å². The highest BCUT2D eigenvalue weighted by Crippen LogP contribution is 2.78. The van der Waals surface area contributed by atoms with E-state index < -0.39 is 17.0 Å². The van der Waals surface area contributed by atoms with Gasteiger partial charge in [0.25, 0.3) is 5.56 Å². The molecule has 2 aromatic rings. The van der Waals surface area contributed by atoms with E-state index in [0.717, 1.165) is 0 Å². The minimum Gasteiger partial charge on any atom is -0.269 e. The molecule has 0 amide bonds. The van der Waals surface area contributed by atoms with E-state index in [4.69, 9.17) is 0 Å². The van der Waals surface area contributed by atoms with Crippen LogP contribution in [0, 0.1) is 19.3 Å². The minimum atomic E-state index is -4.17. The van der Waals surface area contributed by atoms with E-state index in [9.17, 15) is 18.0 Å². The van der Waals surface area contributed by atoms with Crippen LogP contribution >= 0.6 is 15.9 Å². The Bertz CT molecular complexity index is 899. The van der Waals surface area contributed by atoms with Crippen molar-refractivity contribution in [3.8, 4) is 0 Å². The third-order valence-electron chi connectivity index (χ3n) is 5.38. The lowest BCUT2D eigenvalue weighted by molar-refractivity contribution is -0.337. The molecule has 3 aliphatic carbocycles. The summed E-state index contributed by atoms with van der Waals surface area (Å²) in [7, 11) is 0. The van der Waals surface area contributed by atoms with Crippen molar-refractivity contribution in [1.82, 2.24) is 14.4 Å². The van der Waals surface area contributed by atoms with Crippen LogP contribution in [0.2, 0.25) is 0 Å². The van der Waals surface area contributed by atoms with Crippen LogP contribution in [0.3, 0.4) is 0 Å². The molecule has 122 valence electrons. The van der Waals surface area contributed by atoms with Crippen LogP contribution in [-0.4, -0.2) is 20.5 Å². The Morgan fingerprint density at radius 3 is 2.39 bits per heavy atom. The summed E-state index contributed by atoms with van der Waals surface area (Å²) in [5.41, 5.74) is -0.406. The van der Waals surface area contributed by atoms with Crippen molar-refractivity contribution < 1.29 is 13.2 Å². The van der Waals surface area contributed by atoms with Gasteiger partial charge in [-0.25, -0.2) is 9.97 Å². The second-order valence-corrected chi connectivity index (χ2v) is 7.63. The number of fused-ring (bicyclic) bond motifs is 1.